The molecule has 0 saturated heterocycles. The van der Waals surface area contributed by atoms with Gasteiger partial charge in [0.2, 0.25) is 0 Å². The topological polar surface area (TPSA) is 58.6 Å². The number of hydrogen-bond donors (Lipinski definition) is 2. The van der Waals surface area contributed by atoms with Crippen LogP contribution in [0.5, 0.6) is 0 Å². The van der Waals surface area contributed by atoms with Crippen molar-refractivity contribution >= 4 is 5.97 Å². The van der Waals surface area contributed by atoms with Gasteiger partial charge in [0.25, 0.3) is 0 Å². The van der Waals surface area contributed by atoms with Crippen molar-refractivity contribution in [2.45, 2.75) is 96.8 Å². The van der Waals surface area contributed by atoms with E-state index in [2.05, 4.69) is 12.2 Å². The van der Waals surface area contributed by atoms with Crippen LogP contribution in [0.1, 0.15) is 96.8 Å². The van der Waals surface area contributed by atoms with Crippen LogP contribution in [0.4, 0.5) is 0 Å². The molecule has 0 aromatic heterocycles. The Hall–Kier alpha value is -0.610. The van der Waals surface area contributed by atoms with Crippen LogP contribution in [-0.4, -0.2) is 37.4 Å². The Bertz CT molecular complexity index is 259. The minimum absolute atomic E-state index is 0.0144. The third-order valence-electron chi connectivity index (χ3n) is 4.26. The summed E-state index contributed by atoms with van der Waals surface area (Å²) in [7, 11) is 0. The van der Waals surface area contributed by atoms with Gasteiger partial charge in [0.1, 0.15) is 0 Å². The van der Waals surface area contributed by atoms with Crippen LogP contribution in [0, 0.1) is 0 Å². The Morgan fingerprint density at radius 3 is 2.08 bits per heavy atom. The Morgan fingerprint density at radius 1 is 0.792 bits per heavy atom. The van der Waals surface area contributed by atoms with Crippen LogP contribution in [-0.2, 0) is 9.53 Å². The smallest absolute Gasteiger partial charge is 0.305 e. The predicted molar refractivity (Wildman–Crippen MR) is 101 cm³/mol. The van der Waals surface area contributed by atoms with Gasteiger partial charge in [0, 0.05) is 13.0 Å². The molecule has 144 valence electrons. The molecule has 0 spiro atoms. The normalized spacial score (nSPS) is 10.9. The fourth-order valence-corrected chi connectivity index (χ4v) is 2.70. The summed E-state index contributed by atoms with van der Waals surface area (Å²) >= 11 is 0. The molecule has 0 radical (unpaired) electrons. The molecule has 24 heavy (non-hydrogen) atoms. The van der Waals surface area contributed by atoms with E-state index in [9.17, 15) is 4.79 Å². The maximum Gasteiger partial charge on any atom is 0.305 e. The van der Waals surface area contributed by atoms with E-state index in [4.69, 9.17) is 9.84 Å². The number of hydrogen-bond acceptors (Lipinski definition) is 4. The first-order chi connectivity index (χ1) is 11.8. The van der Waals surface area contributed by atoms with Crippen LogP contribution in [0.3, 0.4) is 0 Å². The zero-order chi connectivity index (χ0) is 17.7. The molecule has 0 aliphatic carbocycles. The van der Waals surface area contributed by atoms with E-state index in [1.807, 2.05) is 0 Å². The molecular weight excluding hydrogens is 302 g/mol. The molecule has 0 aliphatic heterocycles. The summed E-state index contributed by atoms with van der Waals surface area (Å²) in [6, 6.07) is 0. The number of aliphatic hydroxyl groups is 1. The van der Waals surface area contributed by atoms with Crippen molar-refractivity contribution in [2.24, 2.45) is 0 Å². The van der Waals surface area contributed by atoms with E-state index in [0.717, 1.165) is 38.8 Å². The van der Waals surface area contributed by atoms with Crippen LogP contribution in [0.15, 0.2) is 0 Å². The molecule has 0 saturated carbocycles. The lowest BCUT2D eigenvalue weighted by molar-refractivity contribution is -0.143. The second-order valence-corrected chi connectivity index (χ2v) is 6.69. The number of rotatable bonds is 19. The molecule has 0 aliphatic rings. The first-order valence-corrected chi connectivity index (χ1v) is 10.3. The zero-order valence-corrected chi connectivity index (χ0v) is 16.0. The van der Waals surface area contributed by atoms with E-state index in [0.29, 0.717) is 13.0 Å². The molecule has 0 amide bonds. The van der Waals surface area contributed by atoms with Crippen LogP contribution < -0.4 is 5.32 Å². The number of nitrogens with one attached hydrogen (secondary N) is 1. The molecule has 0 unspecified atom stereocenters. The highest BCUT2D eigenvalue weighted by Crippen LogP contribution is 2.09. The molecule has 0 fully saturated rings. The van der Waals surface area contributed by atoms with Crippen LogP contribution in [0.25, 0.3) is 0 Å². The van der Waals surface area contributed by atoms with Gasteiger partial charge in [-0.05, 0) is 38.8 Å². The van der Waals surface area contributed by atoms with Crippen LogP contribution >= 0.6 is 0 Å². The van der Waals surface area contributed by atoms with Gasteiger partial charge in [0.15, 0.2) is 0 Å². The maximum atomic E-state index is 11.6. The molecule has 2 N–H and O–H groups in total. The average molecular weight is 344 g/mol. The lowest BCUT2D eigenvalue weighted by atomic mass is 10.1. The molecule has 0 aromatic rings. The molecule has 0 atom stereocenters. The summed E-state index contributed by atoms with van der Waals surface area (Å²) < 4.78 is 5.26. The number of aliphatic hydroxyl groups excluding tert-OH is 1. The third-order valence-corrected chi connectivity index (χ3v) is 4.26. The van der Waals surface area contributed by atoms with Gasteiger partial charge in [-0.3, -0.25) is 4.79 Å². The second-order valence-electron chi connectivity index (χ2n) is 6.69. The molecule has 4 heteroatoms. The van der Waals surface area contributed by atoms with E-state index in [1.165, 1.54) is 57.8 Å². The lowest BCUT2D eigenvalue weighted by Crippen LogP contribution is -2.17. The van der Waals surface area contributed by atoms with E-state index >= 15 is 0 Å². The minimum Gasteiger partial charge on any atom is -0.466 e. The molecule has 0 rings (SSSR count). The van der Waals surface area contributed by atoms with Gasteiger partial charge in [-0.15, -0.1) is 0 Å². The molecule has 0 heterocycles. The van der Waals surface area contributed by atoms with Crippen molar-refractivity contribution in [2.75, 3.05) is 26.3 Å². The monoisotopic (exact) mass is 343 g/mol. The summed E-state index contributed by atoms with van der Waals surface area (Å²) in [5, 5.41) is 12.0. The molecular formula is C20H41NO3. The highest BCUT2D eigenvalue weighted by atomic mass is 16.5. The van der Waals surface area contributed by atoms with Gasteiger partial charge in [-0.2, -0.15) is 0 Å². The maximum absolute atomic E-state index is 11.6. The van der Waals surface area contributed by atoms with E-state index in [1.54, 1.807) is 0 Å². The van der Waals surface area contributed by atoms with Crippen molar-refractivity contribution in [1.82, 2.24) is 5.32 Å². The first-order valence-electron chi connectivity index (χ1n) is 10.3. The third kappa shape index (κ3) is 19.4. The Kier molecular flexibility index (Phi) is 19.9. The van der Waals surface area contributed by atoms with Crippen molar-refractivity contribution in [3.05, 3.63) is 0 Å². The van der Waals surface area contributed by atoms with Crippen molar-refractivity contribution in [3.8, 4) is 0 Å². The lowest BCUT2D eigenvalue weighted by Gasteiger charge is -2.05. The van der Waals surface area contributed by atoms with Crippen LogP contribution in [0.2, 0.25) is 0 Å². The average Bonchev–Trinajstić information content (AvgIpc) is 2.59. The fraction of sp³-hybridized carbons (Fsp3) is 0.950. The summed E-state index contributed by atoms with van der Waals surface area (Å²) in [6.07, 6.45) is 15.8. The second kappa shape index (κ2) is 20.4. The highest BCUT2D eigenvalue weighted by Gasteiger charge is 2.02. The summed E-state index contributed by atoms with van der Waals surface area (Å²) in [5.41, 5.74) is 0. The van der Waals surface area contributed by atoms with Crippen molar-refractivity contribution < 1.29 is 14.6 Å². The number of carbonyl (C=O) groups excluding carboxylic acids is 1. The van der Waals surface area contributed by atoms with Gasteiger partial charge < -0.3 is 15.2 Å². The summed E-state index contributed by atoms with van der Waals surface area (Å²) in [5.74, 6) is -0.0144. The van der Waals surface area contributed by atoms with Crippen molar-refractivity contribution in [1.29, 1.82) is 0 Å². The number of unbranched alkanes of at least 4 members (excludes halogenated alkanes) is 10. The van der Waals surface area contributed by atoms with Gasteiger partial charge >= 0.3 is 5.97 Å². The minimum atomic E-state index is -0.0144. The fourth-order valence-electron chi connectivity index (χ4n) is 2.70. The number of carbonyl (C=O) groups is 1. The Labute approximate surface area is 149 Å². The van der Waals surface area contributed by atoms with Gasteiger partial charge in [-0.25, -0.2) is 0 Å². The zero-order valence-electron chi connectivity index (χ0n) is 16.0. The largest absolute Gasteiger partial charge is 0.466 e. The Balaban J connectivity index is 3.11. The SMILES string of the molecule is CCCCCCCOC(=O)CCCCCCCCCNCCCO. The standard InChI is InChI=1S/C20H41NO3/c1-2-3-4-10-13-19-24-20(23)15-11-8-6-5-7-9-12-16-21-17-14-18-22/h21-22H,2-19H2,1H3. The van der Waals surface area contributed by atoms with Gasteiger partial charge in [0.05, 0.1) is 6.61 Å². The first kappa shape index (κ1) is 23.4. The summed E-state index contributed by atoms with van der Waals surface area (Å²) in [6.45, 7) is 5.07. The highest BCUT2D eigenvalue weighted by molar-refractivity contribution is 5.69. The van der Waals surface area contributed by atoms with E-state index < -0.39 is 0 Å². The van der Waals surface area contributed by atoms with E-state index in [-0.39, 0.29) is 12.6 Å². The molecule has 4 nitrogen and oxygen atoms in total. The Morgan fingerprint density at radius 2 is 1.38 bits per heavy atom. The number of esters is 1. The van der Waals surface area contributed by atoms with Gasteiger partial charge in [-0.1, -0.05) is 64.7 Å². The van der Waals surface area contributed by atoms with Crippen molar-refractivity contribution in [3.63, 3.8) is 0 Å². The molecule has 0 aromatic carbocycles. The molecule has 0 bridgehead atoms. The number of ether oxygens (including phenoxy) is 1. The quantitative estimate of drug-likeness (QED) is 0.266. The summed E-state index contributed by atoms with van der Waals surface area (Å²) in [4.78, 5) is 11.6. The predicted octanol–water partition coefficient (Wildman–Crippen LogP) is 4.59.